The topological polar surface area (TPSA) is 72.1 Å². The molecule has 0 fully saturated rings. The molecule has 0 aliphatic heterocycles. The molecule has 3 rings (SSSR count). The van der Waals surface area contributed by atoms with E-state index in [1.54, 1.807) is 26.2 Å². The number of benzene rings is 2. The Hall–Kier alpha value is -2.03. The van der Waals surface area contributed by atoms with Gasteiger partial charge in [-0.25, -0.2) is 4.79 Å². The zero-order chi connectivity index (χ0) is 21.3. The quantitative estimate of drug-likeness (QED) is 0.423. The summed E-state index contributed by atoms with van der Waals surface area (Å²) in [6, 6.07) is 6.86. The lowest BCUT2D eigenvalue weighted by atomic mass is 10.0. The number of hydrogen-bond donors (Lipinski definition) is 1. The van der Waals surface area contributed by atoms with Crippen LogP contribution in [-0.4, -0.2) is 43.8 Å². The molecule has 0 bridgehead atoms. The van der Waals surface area contributed by atoms with Crippen LogP contribution in [-0.2, 0) is 11.3 Å². The zero-order valence-electron chi connectivity index (χ0n) is 16.5. The van der Waals surface area contributed by atoms with Crippen LogP contribution in [0.5, 0.6) is 11.5 Å². The zero-order valence-corrected chi connectivity index (χ0v) is 19.7. The number of fused-ring (bicyclic) bond motifs is 1. The van der Waals surface area contributed by atoms with Gasteiger partial charge in [-0.15, -0.1) is 0 Å². The van der Waals surface area contributed by atoms with Crippen molar-refractivity contribution in [3.63, 3.8) is 0 Å². The lowest BCUT2D eigenvalue weighted by Gasteiger charge is -2.13. The highest BCUT2D eigenvalue weighted by Crippen LogP contribution is 2.43. The summed E-state index contributed by atoms with van der Waals surface area (Å²) in [5.74, 6) is 0.595. The molecule has 1 heterocycles. The van der Waals surface area contributed by atoms with E-state index in [9.17, 15) is 9.90 Å². The molecular formula is C21H21Br2NO5. The second-order valence-corrected chi connectivity index (χ2v) is 8.38. The number of esters is 1. The summed E-state index contributed by atoms with van der Waals surface area (Å²) in [6.45, 7) is 2.41. The summed E-state index contributed by atoms with van der Waals surface area (Å²) < 4.78 is 18.2. The second kappa shape index (κ2) is 8.77. The standard InChI is InChI=1S/C21H21Br2NO5/c1-5-28-21(26)18-17-12(10-24(2)3)15(25)6-7-16(17)29-19(18)11-8-13(22)20(27-4)14(23)9-11/h6-9,25H,5,10H2,1-4H3. The summed E-state index contributed by atoms with van der Waals surface area (Å²) in [7, 11) is 5.36. The van der Waals surface area contributed by atoms with E-state index < -0.39 is 5.97 Å². The van der Waals surface area contributed by atoms with E-state index in [0.29, 0.717) is 54.7 Å². The molecule has 0 unspecified atom stereocenters. The molecule has 0 aliphatic rings. The van der Waals surface area contributed by atoms with Gasteiger partial charge in [0.05, 0.1) is 22.7 Å². The van der Waals surface area contributed by atoms with Crippen molar-refractivity contribution in [3.05, 3.63) is 44.3 Å². The van der Waals surface area contributed by atoms with Crippen molar-refractivity contribution in [1.29, 1.82) is 0 Å². The Labute approximate surface area is 185 Å². The van der Waals surface area contributed by atoms with E-state index in [1.165, 1.54) is 0 Å². The number of furan rings is 1. The monoisotopic (exact) mass is 525 g/mol. The van der Waals surface area contributed by atoms with Gasteiger partial charge >= 0.3 is 5.97 Å². The number of rotatable bonds is 6. The molecule has 0 radical (unpaired) electrons. The van der Waals surface area contributed by atoms with Crippen LogP contribution in [0.1, 0.15) is 22.8 Å². The van der Waals surface area contributed by atoms with Crippen molar-refractivity contribution in [2.24, 2.45) is 0 Å². The summed E-state index contributed by atoms with van der Waals surface area (Å²) in [6.07, 6.45) is 0. The van der Waals surface area contributed by atoms with E-state index in [1.807, 2.05) is 31.1 Å². The van der Waals surface area contributed by atoms with Gasteiger partial charge in [0.1, 0.15) is 28.4 Å². The summed E-state index contributed by atoms with van der Waals surface area (Å²) >= 11 is 6.98. The number of hydrogen-bond acceptors (Lipinski definition) is 6. The highest BCUT2D eigenvalue weighted by atomic mass is 79.9. The van der Waals surface area contributed by atoms with Gasteiger partial charge in [0, 0.05) is 23.1 Å². The highest BCUT2D eigenvalue weighted by molar-refractivity contribution is 9.11. The minimum Gasteiger partial charge on any atom is -0.508 e. The number of nitrogens with zero attached hydrogens (tertiary/aromatic N) is 1. The SMILES string of the molecule is CCOC(=O)c1c(-c2cc(Br)c(OC)c(Br)c2)oc2ccc(O)c(CN(C)C)c12. The minimum atomic E-state index is -0.505. The third-order valence-corrected chi connectivity index (χ3v) is 5.54. The number of phenolic OH excluding ortho intramolecular Hbond substituents is 1. The maximum absolute atomic E-state index is 12.9. The van der Waals surface area contributed by atoms with Crippen molar-refractivity contribution in [2.75, 3.05) is 27.8 Å². The van der Waals surface area contributed by atoms with Gasteiger partial charge in [0.25, 0.3) is 0 Å². The number of halogens is 2. The van der Waals surface area contributed by atoms with E-state index in [0.717, 1.165) is 0 Å². The van der Waals surface area contributed by atoms with Crippen LogP contribution in [0.2, 0.25) is 0 Å². The van der Waals surface area contributed by atoms with Gasteiger partial charge in [0.2, 0.25) is 0 Å². The van der Waals surface area contributed by atoms with E-state index in [2.05, 4.69) is 31.9 Å². The van der Waals surface area contributed by atoms with Gasteiger partial charge in [0.15, 0.2) is 0 Å². The van der Waals surface area contributed by atoms with E-state index in [4.69, 9.17) is 13.9 Å². The van der Waals surface area contributed by atoms with Crippen molar-refractivity contribution >= 4 is 48.8 Å². The van der Waals surface area contributed by atoms with E-state index in [-0.39, 0.29) is 12.4 Å². The molecule has 1 N–H and O–H groups in total. The molecule has 1 aromatic heterocycles. The van der Waals surface area contributed by atoms with Gasteiger partial charge in [-0.05, 0) is 77.1 Å². The third-order valence-electron chi connectivity index (χ3n) is 4.36. The van der Waals surface area contributed by atoms with Crippen LogP contribution < -0.4 is 4.74 Å². The Balaban J connectivity index is 2.36. The van der Waals surface area contributed by atoms with Crippen LogP contribution in [0.25, 0.3) is 22.3 Å². The van der Waals surface area contributed by atoms with Crippen LogP contribution >= 0.6 is 31.9 Å². The molecule has 0 saturated carbocycles. The Morgan fingerprint density at radius 2 is 1.86 bits per heavy atom. The highest BCUT2D eigenvalue weighted by Gasteiger charge is 2.27. The fraction of sp³-hybridized carbons (Fsp3) is 0.286. The number of phenols is 1. The van der Waals surface area contributed by atoms with Gasteiger partial charge in [-0.1, -0.05) is 0 Å². The molecule has 8 heteroatoms. The number of carbonyl (C=O) groups excluding carboxylic acids is 1. The maximum Gasteiger partial charge on any atom is 0.342 e. The predicted octanol–water partition coefficient (Wildman–Crippen LogP) is 5.58. The van der Waals surface area contributed by atoms with Crippen LogP contribution in [0, 0.1) is 0 Å². The first-order valence-corrected chi connectivity index (χ1v) is 10.5. The molecule has 0 atom stereocenters. The average molecular weight is 527 g/mol. The number of carbonyl (C=O) groups is 1. The predicted molar refractivity (Wildman–Crippen MR) is 119 cm³/mol. The Morgan fingerprint density at radius 1 is 1.21 bits per heavy atom. The number of methoxy groups -OCH3 is 1. The number of aromatic hydroxyl groups is 1. The van der Waals surface area contributed by atoms with Gasteiger partial charge in [-0.2, -0.15) is 0 Å². The van der Waals surface area contributed by atoms with E-state index >= 15 is 0 Å². The lowest BCUT2D eigenvalue weighted by molar-refractivity contribution is 0.0528. The van der Waals surface area contributed by atoms with Gasteiger partial charge < -0.3 is 23.9 Å². The maximum atomic E-state index is 12.9. The normalized spacial score (nSPS) is 11.3. The molecule has 3 aromatic rings. The molecular weight excluding hydrogens is 506 g/mol. The molecule has 154 valence electrons. The molecule has 29 heavy (non-hydrogen) atoms. The number of ether oxygens (including phenoxy) is 2. The van der Waals surface area contributed by atoms with Crippen LogP contribution in [0.4, 0.5) is 0 Å². The largest absolute Gasteiger partial charge is 0.508 e. The van der Waals surface area contributed by atoms with Crippen molar-refractivity contribution in [2.45, 2.75) is 13.5 Å². The molecule has 0 aliphatic carbocycles. The third kappa shape index (κ3) is 4.15. The van der Waals surface area contributed by atoms with Crippen molar-refractivity contribution < 1.29 is 23.8 Å². The Kier molecular flexibility index (Phi) is 6.55. The molecule has 0 amide bonds. The average Bonchev–Trinajstić information content (AvgIpc) is 3.04. The fourth-order valence-electron chi connectivity index (χ4n) is 3.21. The summed E-state index contributed by atoms with van der Waals surface area (Å²) in [5.41, 5.74) is 2.07. The Morgan fingerprint density at radius 3 is 2.41 bits per heavy atom. The fourth-order valence-corrected chi connectivity index (χ4v) is 4.72. The minimum absolute atomic E-state index is 0.0983. The summed E-state index contributed by atoms with van der Waals surface area (Å²) in [5, 5.41) is 11.0. The first-order chi connectivity index (χ1) is 13.8. The Bertz CT molecular complexity index is 1050. The first-order valence-electron chi connectivity index (χ1n) is 8.91. The molecule has 0 spiro atoms. The molecule has 6 nitrogen and oxygen atoms in total. The van der Waals surface area contributed by atoms with Crippen LogP contribution in [0.15, 0.2) is 37.6 Å². The van der Waals surface area contributed by atoms with Crippen molar-refractivity contribution in [3.8, 4) is 22.8 Å². The molecule has 0 saturated heterocycles. The van der Waals surface area contributed by atoms with Crippen molar-refractivity contribution in [1.82, 2.24) is 4.90 Å². The first kappa shape index (κ1) is 21.7. The summed E-state index contributed by atoms with van der Waals surface area (Å²) in [4.78, 5) is 14.8. The smallest absolute Gasteiger partial charge is 0.342 e. The second-order valence-electron chi connectivity index (χ2n) is 6.67. The van der Waals surface area contributed by atoms with Crippen LogP contribution in [0.3, 0.4) is 0 Å². The van der Waals surface area contributed by atoms with Gasteiger partial charge in [-0.3, -0.25) is 0 Å². The lowest BCUT2D eigenvalue weighted by Crippen LogP contribution is -2.12. The molecule has 2 aromatic carbocycles.